The largest absolute Gasteiger partial charge is 0.469 e. The first-order valence-electron chi connectivity index (χ1n) is 5.38. The zero-order chi connectivity index (χ0) is 12.3. The summed E-state index contributed by atoms with van der Waals surface area (Å²) in [5.41, 5.74) is 7.68. The van der Waals surface area contributed by atoms with Gasteiger partial charge in [-0.1, -0.05) is 18.2 Å². The van der Waals surface area contributed by atoms with Crippen LogP contribution in [0.15, 0.2) is 36.5 Å². The molecule has 88 valence electrons. The number of fused-ring (bicyclic) bond motifs is 1. The van der Waals surface area contributed by atoms with Crippen LogP contribution in [0.4, 0.5) is 0 Å². The molecular formula is C13H14N2O2. The lowest BCUT2D eigenvalue weighted by Crippen LogP contribution is -2.16. The summed E-state index contributed by atoms with van der Waals surface area (Å²) in [7, 11) is 1.35. The van der Waals surface area contributed by atoms with E-state index in [1.165, 1.54) is 7.11 Å². The van der Waals surface area contributed by atoms with Crippen LogP contribution in [0.1, 0.15) is 18.0 Å². The molecule has 1 aromatic carbocycles. The third-order valence-electron chi connectivity index (χ3n) is 2.65. The lowest BCUT2D eigenvalue weighted by atomic mass is 10.0. The minimum absolute atomic E-state index is 0.163. The molecule has 0 saturated heterocycles. The number of benzene rings is 1. The van der Waals surface area contributed by atoms with E-state index in [1.54, 1.807) is 6.20 Å². The van der Waals surface area contributed by atoms with Crippen LogP contribution >= 0.6 is 0 Å². The maximum atomic E-state index is 11.1. The minimum Gasteiger partial charge on any atom is -0.469 e. The van der Waals surface area contributed by atoms with Gasteiger partial charge in [-0.05, 0) is 17.7 Å². The van der Waals surface area contributed by atoms with Crippen LogP contribution in [-0.2, 0) is 9.53 Å². The highest BCUT2D eigenvalue weighted by atomic mass is 16.5. The summed E-state index contributed by atoms with van der Waals surface area (Å²) in [6, 6.07) is 9.36. The molecule has 4 nitrogen and oxygen atoms in total. The van der Waals surface area contributed by atoms with Crippen LogP contribution < -0.4 is 5.73 Å². The number of rotatable bonds is 3. The van der Waals surface area contributed by atoms with Gasteiger partial charge in [-0.25, -0.2) is 0 Å². The van der Waals surface area contributed by atoms with Crippen molar-refractivity contribution in [1.29, 1.82) is 0 Å². The van der Waals surface area contributed by atoms with E-state index < -0.39 is 0 Å². The number of methoxy groups -OCH3 is 1. The molecule has 4 heteroatoms. The fourth-order valence-corrected chi connectivity index (χ4v) is 1.67. The Bertz CT molecular complexity index is 540. The third kappa shape index (κ3) is 2.60. The van der Waals surface area contributed by atoms with E-state index in [1.807, 2.05) is 30.3 Å². The second-order valence-corrected chi connectivity index (χ2v) is 3.85. The highest BCUT2D eigenvalue weighted by Gasteiger charge is 2.12. The highest BCUT2D eigenvalue weighted by Crippen LogP contribution is 2.18. The van der Waals surface area contributed by atoms with E-state index in [-0.39, 0.29) is 18.4 Å². The average Bonchev–Trinajstić information content (AvgIpc) is 2.38. The van der Waals surface area contributed by atoms with Crippen molar-refractivity contribution >= 4 is 16.9 Å². The van der Waals surface area contributed by atoms with Gasteiger partial charge in [-0.2, -0.15) is 0 Å². The Labute approximate surface area is 99.4 Å². The number of carbonyl (C=O) groups excluding carboxylic acids is 1. The van der Waals surface area contributed by atoms with Crippen molar-refractivity contribution in [3.8, 4) is 0 Å². The van der Waals surface area contributed by atoms with Gasteiger partial charge in [0, 0.05) is 17.6 Å². The molecular weight excluding hydrogens is 216 g/mol. The number of nitrogens with zero attached hydrogens (tertiary/aromatic N) is 1. The Morgan fingerprint density at radius 1 is 1.47 bits per heavy atom. The molecule has 0 fully saturated rings. The quantitative estimate of drug-likeness (QED) is 0.816. The molecule has 2 N–H and O–H groups in total. The van der Waals surface area contributed by atoms with Crippen LogP contribution in [0.25, 0.3) is 10.9 Å². The van der Waals surface area contributed by atoms with E-state index in [2.05, 4.69) is 9.72 Å². The van der Waals surface area contributed by atoms with Gasteiger partial charge in [0.1, 0.15) is 0 Å². The van der Waals surface area contributed by atoms with Crippen molar-refractivity contribution in [2.24, 2.45) is 5.73 Å². The first-order valence-corrected chi connectivity index (χ1v) is 5.38. The van der Waals surface area contributed by atoms with Gasteiger partial charge in [0.15, 0.2) is 0 Å². The van der Waals surface area contributed by atoms with Crippen molar-refractivity contribution in [3.05, 3.63) is 42.1 Å². The lowest BCUT2D eigenvalue weighted by Gasteiger charge is -2.10. The molecule has 0 spiro atoms. The van der Waals surface area contributed by atoms with E-state index in [0.29, 0.717) is 0 Å². The molecule has 17 heavy (non-hydrogen) atoms. The molecule has 0 amide bonds. The first-order chi connectivity index (χ1) is 8.20. The molecule has 1 aromatic heterocycles. The molecule has 0 saturated carbocycles. The molecule has 2 aromatic rings. The first kappa shape index (κ1) is 11.5. The Hall–Kier alpha value is -1.94. The fourth-order valence-electron chi connectivity index (χ4n) is 1.67. The van der Waals surface area contributed by atoms with Crippen molar-refractivity contribution < 1.29 is 9.53 Å². The van der Waals surface area contributed by atoms with Crippen molar-refractivity contribution in [2.75, 3.05) is 7.11 Å². The summed E-state index contributed by atoms with van der Waals surface area (Å²) in [6.45, 7) is 0. The number of aromatic nitrogens is 1. The van der Waals surface area contributed by atoms with Gasteiger partial charge in [0.2, 0.25) is 0 Å². The van der Waals surface area contributed by atoms with E-state index in [0.717, 1.165) is 16.5 Å². The number of para-hydroxylation sites is 1. The van der Waals surface area contributed by atoms with E-state index in [9.17, 15) is 4.79 Å². The van der Waals surface area contributed by atoms with Crippen LogP contribution in [0, 0.1) is 0 Å². The number of esters is 1. The molecule has 2 rings (SSSR count). The normalized spacial score (nSPS) is 12.4. The maximum absolute atomic E-state index is 11.1. The van der Waals surface area contributed by atoms with Crippen molar-refractivity contribution in [1.82, 2.24) is 4.98 Å². The molecule has 0 aliphatic heterocycles. The van der Waals surface area contributed by atoms with Crippen molar-refractivity contribution in [2.45, 2.75) is 12.5 Å². The monoisotopic (exact) mass is 230 g/mol. The second kappa shape index (κ2) is 4.93. The molecule has 0 aliphatic carbocycles. The number of pyridine rings is 1. The number of hydrogen-bond acceptors (Lipinski definition) is 4. The number of nitrogens with two attached hydrogens (primary N) is 1. The van der Waals surface area contributed by atoms with Gasteiger partial charge >= 0.3 is 5.97 Å². The summed E-state index contributed by atoms with van der Waals surface area (Å²) in [5.74, 6) is -0.314. The SMILES string of the molecule is COC(=O)C[C@H](N)c1cnc2ccccc2c1. The third-order valence-corrected chi connectivity index (χ3v) is 2.65. The van der Waals surface area contributed by atoms with Crippen molar-refractivity contribution in [3.63, 3.8) is 0 Å². The number of hydrogen-bond donors (Lipinski definition) is 1. The van der Waals surface area contributed by atoms with Gasteiger partial charge in [0.25, 0.3) is 0 Å². The Kier molecular flexibility index (Phi) is 3.35. The van der Waals surface area contributed by atoms with Gasteiger partial charge in [0.05, 0.1) is 19.0 Å². The lowest BCUT2D eigenvalue weighted by molar-refractivity contribution is -0.141. The smallest absolute Gasteiger partial charge is 0.307 e. The van der Waals surface area contributed by atoms with Gasteiger partial charge in [-0.15, -0.1) is 0 Å². The van der Waals surface area contributed by atoms with Crippen LogP contribution in [0.3, 0.4) is 0 Å². The minimum atomic E-state index is -0.375. The number of carbonyl (C=O) groups is 1. The predicted molar refractivity (Wildman–Crippen MR) is 65.3 cm³/mol. The Morgan fingerprint density at radius 3 is 3.00 bits per heavy atom. The average molecular weight is 230 g/mol. The maximum Gasteiger partial charge on any atom is 0.307 e. The molecule has 0 bridgehead atoms. The van der Waals surface area contributed by atoms with Crippen LogP contribution in [-0.4, -0.2) is 18.1 Å². The summed E-state index contributed by atoms with van der Waals surface area (Å²) in [5, 5.41) is 1.02. The van der Waals surface area contributed by atoms with E-state index in [4.69, 9.17) is 5.73 Å². The Morgan fingerprint density at radius 2 is 2.24 bits per heavy atom. The van der Waals surface area contributed by atoms with Crippen LogP contribution in [0.2, 0.25) is 0 Å². The molecule has 1 heterocycles. The highest BCUT2D eigenvalue weighted by molar-refractivity contribution is 5.79. The second-order valence-electron chi connectivity index (χ2n) is 3.85. The predicted octanol–water partition coefficient (Wildman–Crippen LogP) is 1.80. The summed E-state index contributed by atoms with van der Waals surface area (Å²) >= 11 is 0. The molecule has 0 radical (unpaired) electrons. The standard InChI is InChI=1S/C13H14N2O2/c1-17-13(16)7-11(14)10-6-9-4-2-3-5-12(9)15-8-10/h2-6,8,11H,7,14H2,1H3/t11-/m0/s1. The zero-order valence-electron chi connectivity index (χ0n) is 9.59. The fraction of sp³-hybridized carbons (Fsp3) is 0.231. The van der Waals surface area contributed by atoms with Crippen LogP contribution in [0.5, 0.6) is 0 Å². The summed E-state index contributed by atoms with van der Waals surface area (Å²) in [6.07, 6.45) is 1.87. The van der Waals surface area contributed by atoms with Gasteiger partial charge in [-0.3, -0.25) is 9.78 Å². The zero-order valence-corrected chi connectivity index (χ0v) is 9.59. The van der Waals surface area contributed by atoms with E-state index >= 15 is 0 Å². The topological polar surface area (TPSA) is 65.2 Å². The molecule has 1 atom stereocenters. The molecule has 0 aliphatic rings. The van der Waals surface area contributed by atoms with Gasteiger partial charge < -0.3 is 10.5 Å². The number of ether oxygens (including phenoxy) is 1. The Balaban J connectivity index is 2.26. The summed E-state index contributed by atoms with van der Waals surface area (Å²) < 4.78 is 4.59. The summed E-state index contributed by atoms with van der Waals surface area (Å²) in [4.78, 5) is 15.4. The molecule has 0 unspecified atom stereocenters.